The Kier molecular flexibility index (Phi) is 3.68. The van der Waals surface area contributed by atoms with Gasteiger partial charge in [0.2, 0.25) is 0 Å². The summed E-state index contributed by atoms with van der Waals surface area (Å²) in [5.74, 6) is 1.86. The van der Waals surface area contributed by atoms with Crippen LogP contribution in [0.25, 0.3) is 5.69 Å². The third-order valence-electron chi connectivity index (χ3n) is 2.76. The molecule has 5 heteroatoms. The van der Waals surface area contributed by atoms with Crippen molar-refractivity contribution in [2.45, 2.75) is 33.2 Å². The van der Waals surface area contributed by atoms with Crippen LogP contribution in [0.2, 0.25) is 5.02 Å². The molecule has 4 nitrogen and oxygen atoms in total. The molecule has 1 heterocycles. The standard InChI is InChI=1S/C13H17ClN4/c1-8(2)13-16-12(7-15)17-18(13)11-5-4-10(14)6-9(11)3/h4-6,8H,7,15H2,1-3H3. The minimum Gasteiger partial charge on any atom is -0.324 e. The van der Waals surface area contributed by atoms with Crippen LogP contribution in [0, 0.1) is 6.92 Å². The van der Waals surface area contributed by atoms with Crippen molar-refractivity contribution < 1.29 is 0 Å². The zero-order valence-corrected chi connectivity index (χ0v) is 11.6. The Bertz CT molecular complexity index is 560. The molecule has 0 bridgehead atoms. The Hall–Kier alpha value is -1.39. The molecule has 1 aromatic heterocycles. The van der Waals surface area contributed by atoms with Gasteiger partial charge in [0, 0.05) is 10.9 Å². The molecule has 0 aliphatic carbocycles. The first-order valence-electron chi connectivity index (χ1n) is 5.95. The summed E-state index contributed by atoms with van der Waals surface area (Å²) in [6.45, 7) is 6.53. The molecule has 0 saturated carbocycles. The van der Waals surface area contributed by atoms with E-state index in [-0.39, 0.29) is 5.92 Å². The van der Waals surface area contributed by atoms with Gasteiger partial charge in [-0.3, -0.25) is 0 Å². The van der Waals surface area contributed by atoms with Crippen LogP contribution in [0.4, 0.5) is 0 Å². The topological polar surface area (TPSA) is 56.7 Å². The number of nitrogens with zero attached hydrogens (tertiary/aromatic N) is 3. The maximum absolute atomic E-state index is 5.97. The van der Waals surface area contributed by atoms with Crippen LogP contribution < -0.4 is 5.73 Å². The average Bonchev–Trinajstić information content (AvgIpc) is 2.73. The summed E-state index contributed by atoms with van der Waals surface area (Å²) >= 11 is 5.97. The van der Waals surface area contributed by atoms with E-state index in [1.54, 1.807) is 0 Å². The molecule has 0 saturated heterocycles. The van der Waals surface area contributed by atoms with E-state index in [1.807, 2.05) is 29.8 Å². The van der Waals surface area contributed by atoms with Gasteiger partial charge in [0.05, 0.1) is 12.2 Å². The molecular weight excluding hydrogens is 248 g/mol. The van der Waals surface area contributed by atoms with Crippen LogP contribution >= 0.6 is 11.6 Å². The molecule has 0 radical (unpaired) electrons. The van der Waals surface area contributed by atoms with Crippen LogP contribution in [0.1, 0.15) is 37.0 Å². The normalized spacial score (nSPS) is 11.2. The van der Waals surface area contributed by atoms with E-state index in [0.29, 0.717) is 12.4 Å². The van der Waals surface area contributed by atoms with Crippen LogP contribution in [0.5, 0.6) is 0 Å². The molecule has 96 valence electrons. The molecule has 0 fully saturated rings. The SMILES string of the molecule is Cc1cc(Cl)ccc1-n1nc(CN)nc1C(C)C. The predicted octanol–water partition coefficient (Wildman–Crippen LogP) is 2.81. The highest BCUT2D eigenvalue weighted by Crippen LogP contribution is 2.22. The van der Waals surface area contributed by atoms with Crippen molar-refractivity contribution in [1.29, 1.82) is 0 Å². The Morgan fingerprint density at radius 1 is 1.39 bits per heavy atom. The summed E-state index contributed by atoms with van der Waals surface area (Å²) < 4.78 is 1.86. The summed E-state index contributed by atoms with van der Waals surface area (Å²) in [5.41, 5.74) is 7.68. The van der Waals surface area contributed by atoms with Gasteiger partial charge >= 0.3 is 0 Å². The third kappa shape index (κ3) is 2.40. The van der Waals surface area contributed by atoms with Crippen LogP contribution in [-0.4, -0.2) is 14.8 Å². The maximum atomic E-state index is 5.97. The second-order valence-corrected chi connectivity index (χ2v) is 5.02. The van der Waals surface area contributed by atoms with E-state index in [9.17, 15) is 0 Å². The molecule has 1 aromatic carbocycles. The van der Waals surface area contributed by atoms with Crippen LogP contribution in [0.3, 0.4) is 0 Å². The maximum Gasteiger partial charge on any atom is 0.164 e. The lowest BCUT2D eigenvalue weighted by atomic mass is 10.1. The van der Waals surface area contributed by atoms with E-state index < -0.39 is 0 Å². The zero-order chi connectivity index (χ0) is 13.3. The van der Waals surface area contributed by atoms with E-state index >= 15 is 0 Å². The molecule has 18 heavy (non-hydrogen) atoms. The van der Waals surface area contributed by atoms with E-state index in [0.717, 1.165) is 22.1 Å². The number of hydrogen-bond donors (Lipinski definition) is 1. The van der Waals surface area contributed by atoms with Crippen molar-refractivity contribution in [3.63, 3.8) is 0 Å². The van der Waals surface area contributed by atoms with Crippen molar-refractivity contribution in [3.8, 4) is 5.69 Å². The van der Waals surface area contributed by atoms with Crippen molar-refractivity contribution >= 4 is 11.6 Å². The van der Waals surface area contributed by atoms with Gasteiger partial charge in [-0.25, -0.2) is 9.67 Å². The Morgan fingerprint density at radius 2 is 2.11 bits per heavy atom. The Morgan fingerprint density at radius 3 is 2.67 bits per heavy atom. The van der Waals surface area contributed by atoms with E-state index in [2.05, 4.69) is 23.9 Å². The minimum absolute atomic E-state index is 0.285. The first-order chi connectivity index (χ1) is 8.52. The predicted molar refractivity (Wildman–Crippen MR) is 73.1 cm³/mol. The number of rotatable bonds is 3. The number of aryl methyl sites for hydroxylation is 1. The van der Waals surface area contributed by atoms with Crippen molar-refractivity contribution in [1.82, 2.24) is 14.8 Å². The molecule has 0 aliphatic heterocycles. The smallest absolute Gasteiger partial charge is 0.164 e. The fourth-order valence-electron chi connectivity index (χ4n) is 1.86. The third-order valence-corrected chi connectivity index (χ3v) is 3.00. The van der Waals surface area contributed by atoms with Gasteiger partial charge in [-0.1, -0.05) is 25.4 Å². The molecule has 2 rings (SSSR count). The second-order valence-electron chi connectivity index (χ2n) is 4.59. The fourth-order valence-corrected chi connectivity index (χ4v) is 2.09. The fraction of sp³-hybridized carbons (Fsp3) is 0.385. The summed E-state index contributed by atoms with van der Waals surface area (Å²) in [5, 5.41) is 5.17. The first-order valence-corrected chi connectivity index (χ1v) is 6.33. The molecule has 0 spiro atoms. The molecule has 0 atom stereocenters. The lowest BCUT2D eigenvalue weighted by molar-refractivity contribution is 0.710. The highest BCUT2D eigenvalue weighted by molar-refractivity contribution is 6.30. The molecule has 2 N–H and O–H groups in total. The highest BCUT2D eigenvalue weighted by Gasteiger charge is 2.15. The lowest BCUT2D eigenvalue weighted by Crippen LogP contribution is -2.06. The first kappa shape index (κ1) is 13.1. The molecule has 0 amide bonds. The Balaban J connectivity index is 2.58. The van der Waals surface area contributed by atoms with Gasteiger partial charge < -0.3 is 5.73 Å². The summed E-state index contributed by atoms with van der Waals surface area (Å²) in [6, 6.07) is 5.74. The number of halogens is 1. The Labute approximate surface area is 112 Å². The van der Waals surface area contributed by atoms with Gasteiger partial charge in [-0.2, -0.15) is 0 Å². The van der Waals surface area contributed by atoms with Gasteiger partial charge in [-0.05, 0) is 30.7 Å². The number of hydrogen-bond acceptors (Lipinski definition) is 3. The van der Waals surface area contributed by atoms with Gasteiger partial charge in [0.15, 0.2) is 5.82 Å². The summed E-state index contributed by atoms with van der Waals surface area (Å²) in [4.78, 5) is 4.46. The lowest BCUT2D eigenvalue weighted by Gasteiger charge is -2.11. The van der Waals surface area contributed by atoms with Gasteiger partial charge in [-0.15, -0.1) is 5.10 Å². The quantitative estimate of drug-likeness (QED) is 0.927. The van der Waals surface area contributed by atoms with Crippen molar-refractivity contribution in [2.24, 2.45) is 5.73 Å². The largest absolute Gasteiger partial charge is 0.324 e. The minimum atomic E-state index is 0.285. The molecule has 0 unspecified atom stereocenters. The zero-order valence-electron chi connectivity index (χ0n) is 10.8. The van der Waals surface area contributed by atoms with Crippen LogP contribution in [0.15, 0.2) is 18.2 Å². The molecule has 0 aliphatic rings. The van der Waals surface area contributed by atoms with Crippen molar-refractivity contribution in [3.05, 3.63) is 40.4 Å². The van der Waals surface area contributed by atoms with Gasteiger partial charge in [0.25, 0.3) is 0 Å². The van der Waals surface area contributed by atoms with Crippen LogP contribution in [-0.2, 0) is 6.54 Å². The summed E-state index contributed by atoms with van der Waals surface area (Å²) in [7, 11) is 0. The summed E-state index contributed by atoms with van der Waals surface area (Å²) in [6.07, 6.45) is 0. The highest BCUT2D eigenvalue weighted by atomic mass is 35.5. The second kappa shape index (κ2) is 5.08. The monoisotopic (exact) mass is 264 g/mol. The van der Waals surface area contributed by atoms with Crippen molar-refractivity contribution in [2.75, 3.05) is 0 Å². The molecular formula is C13H17ClN4. The van der Waals surface area contributed by atoms with E-state index in [4.69, 9.17) is 17.3 Å². The number of nitrogens with two attached hydrogens (primary N) is 1. The number of benzene rings is 1. The average molecular weight is 265 g/mol. The molecule has 2 aromatic rings. The van der Waals surface area contributed by atoms with Gasteiger partial charge in [0.1, 0.15) is 5.82 Å². The van der Waals surface area contributed by atoms with E-state index in [1.165, 1.54) is 0 Å². The number of aromatic nitrogens is 3.